The van der Waals surface area contributed by atoms with Crippen LogP contribution in [0.4, 0.5) is 22.9 Å². The Balaban J connectivity index is 0.800. The highest BCUT2D eigenvalue weighted by atomic mass is 16.5. The van der Waals surface area contributed by atoms with E-state index in [1.807, 2.05) is 62.8 Å². The molecule has 362 valence electrons. The van der Waals surface area contributed by atoms with Crippen LogP contribution in [0, 0.1) is 5.41 Å². The second-order valence-electron chi connectivity index (χ2n) is 19.5. The number of benzene rings is 2. The number of aromatic nitrogens is 3. The zero-order valence-electron chi connectivity index (χ0n) is 39.3. The number of amides is 2. The van der Waals surface area contributed by atoms with Crippen LogP contribution in [0.25, 0.3) is 11.3 Å². The van der Waals surface area contributed by atoms with Gasteiger partial charge in [-0.1, -0.05) is 30.7 Å². The maximum atomic E-state index is 13.6. The van der Waals surface area contributed by atoms with E-state index in [-0.39, 0.29) is 49.6 Å². The Morgan fingerprint density at radius 2 is 1.68 bits per heavy atom. The number of ether oxygens (including phenoxy) is 3. The van der Waals surface area contributed by atoms with Crippen LogP contribution in [0.15, 0.2) is 72.9 Å². The summed E-state index contributed by atoms with van der Waals surface area (Å²) in [6.45, 7) is 4.72. The molecular formula is C51H66N10O7. The van der Waals surface area contributed by atoms with E-state index in [9.17, 15) is 19.5 Å². The first-order chi connectivity index (χ1) is 33.0. The number of carbonyl (C=O) groups is 3. The van der Waals surface area contributed by atoms with Crippen molar-refractivity contribution in [2.75, 3.05) is 67.7 Å². The lowest BCUT2D eigenvalue weighted by Gasteiger charge is -2.43. The van der Waals surface area contributed by atoms with Crippen molar-refractivity contribution in [1.29, 1.82) is 0 Å². The van der Waals surface area contributed by atoms with Crippen LogP contribution in [0.3, 0.4) is 0 Å². The molecule has 2 bridgehead atoms. The number of nitrogens with zero attached hydrogens (tertiary/aromatic N) is 6. The van der Waals surface area contributed by atoms with Gasteiger partial charge < -0.3 is 55.7 Å². The highest BCUT2D eigenvalue weighted by molar-refractivity contribution is 6.05. The van der Waals surface area contributed by atoms with Crippen LogP contribution in [0.1, 0.15) is 82.6 Å². The highest BCUT2D eigenvalue weighted by Crippen LogP contribution is 2.42. The van der Waals surface area contributed by atoms with Crippen LogP contribution in [0.2, 0.25) is 0 Å². The molecule has 68 heavy (non-hydrogen) atoms. The number of carbonyl (C=O) groups excluding carboxylic acids is 2. The summed E-state index contributed by atoms with van der Waals surface area (Å²) in [7, 11) is 3.96. The molecule has 2 unspecified atom stereocenters. The summed E-state index contributed by atoms with van der Waals surface area (Å²) in [6.07, 6.45) is 11.8. The number of piperidine rings is 1. The number of nitrogen functional groups attached to an aromatic ring is 1. The normalized spacial score (nSPS) is 22.5. The van der Waals surface area contributed by atoms with Gasteiger partial charge in [0.15, 0.2) is 5.82 Å². The first-order valence-electron chi connectivity index (χ1n) is 24.5. The number of fused-ring (bicyclic) bond motifs is 2. The van der Waals surface area contributed by atoms with Crippen LogP contribution in [-0.4, -0.2) is 126 Å². The number of carboxylic acid groups (broad SMARTS) is 1. The summed E-state index contributed by atoms with van der Waals surface area (Å²) in [4.78, 5) is 50.3. The van der Waals surface area contributed by atoms with Gasteiger partial charge in [-0.05, 0) is 133 Å². The molecule has 2 saturated carbocycles. The fourth-order valence-electron chi connectivity index (χ4n) is 10.3. The van der Waals surface area contributed by atoms with Crippen molar-refractivity contribution in [2.45, 2.75) is 120 Å². The lowest BCUT2D eigenvalue weighted by molar-refractivity contribution is -0.162. The van der Waals surface area contributed by atoms with Gasteiger partial charge >= 0.3 is 5.97 Å². The van der Waals surface area contributed by atoms with E-state index < -0.39 is 23.3 Å². The Bertz CT molecular complexity index is 2370. The molecule has 2 aromatic carbocycles. The average Bonchev–Trinajstić information content (AvgIpc) is 3.57. The number of hydrogen-bond donors (Lipinski definition) is 5. The number of nitrogens with two attached hydrogens (primary N) is 1. The largest absolute Gasteiger partial charge is 0.488 e. The zero-order chi connectivity index (χ0) is 47.2. The lowest BCUT2D eigenvalue weighted by Crippen LogP contribution is -2.55. The molecule has 5 aliphatic rings. The number of para-hydroxylation sites is 1. The van der Waals surface area contributed by atoms with E-state index in [1.165, 1.54) is 0 Å². The number of unbranched alkanes of at least 4 members (excludes halogenated alkanes) is 1. The summed E-state index contributed by atoms with van der Waals surface area (Å²) < 4.78 is 19.1. The van der Waals surface area contributed by atoms with E-state index in [4.69, 9.17) is 19.9 Å². The minimum atomic E-state index is -1.47. The molecular weight excluding hydrogens is 865 g/mol. The molecule has 17 nitrogen and oxygen atoms in total. The Morgan fingerprint density at radius 3 is 2.38 bits per heavy atom. The molecule has 0 spiro atoms. The fourth-order valence-corrected chi connectivity index (χ4v) is 10.3. The smallest absolute Gasteiger partial charge is 0.319 e. The lowest BCUT2D eigenvalue weighted by atomic mass is 9.68. The monoisotopic (exact) mass is 931 g/mol. The van der Waals surface area contributed by atoms with Crippen molar-refractivity contribution in [1.82, 2.24) is 30.7 Å². The SMILES string of the molecule is CN(C)CCCC[C@H](NC(=O)C1(C(=O)O)CCC1)C(=O)Nc1ccc(COc2ccccc2-c2cc(N3CC4CCC(C3)N4c3ccnc(OC4CC(OC5CCNCC5)C4)c3)c(N)nn2)cc1. The van der Waals surface area contributed by atoms with Gasteiger partial charge in [0.2, 0.25) is 17.7 Å². The number of pyridine rings is 1. The molecule has 3 atom stereocenters. The standard InChI is InChI=1S/C51H66N10O7/c1-59(2)25-6-5-9-42(56-49(63)51(50(64)65)20-7-21-51)48(62)55-34-13-11-33(12-14-34)32-66-45-10-4-3-8-41(45)43-29-44(47(52)58-57-43)60-30-36-15-16-37(31-60)61(36)35-17-24-54-46(26-35)68-40-27-39(28-40)67-38-18-22-53-23-19-38/h3-4,8,10-14,17,24,26,29,36-40,42,53H,5-7,9,15-16,18-23,25,27-28,30-32H2,1-2H3,(H2,52,58)(H,55,62)(H,56,63)(H,64,65)/t36?,37?,39?,40?,42-/m0/s1. The fraction of sp³-hybridized carbons (Fsp3) is 0.529. The van der Waals surface area contributed by atoms with Gasteiger partial charge in [-0.2, -0.15) is 0 Å². The summed E-state index contributed by atoms with van der Waals surface area (Å²) in [5, 5.41) is 27.9. The van der Waals surface area contributed by atoms with Crippen molar-refractivity contribution in [2.24, 2.45) is 5.41 Å². The predicted octanol–water partition coefficient (Wildman–Crippen LogP) is 5.65. The van der Waals surface area contributed by atoms with E-state index in [1.54, 1.807) is 12.1 Å². The molecule has 2 aliphatic carbocycles. The first-order valence-corrected chi connectivity index (χ1v) is 24.5. The number of anilines is 4. The van der Waals surface area contributed by atoms with Crippen LogP contribution < -0.4 is 41.0 Å². The highest BCUT2D eigenvalue weighted by Gasteiger charge is 2.52. The van der Waals surface area contributed by atoms with E-state index in [0.29, 0.717) is 54.2 Å². The third kappa shape index (κ3) is 10.8. The maximum Gasteiger partial charge on any atom is 0.319 e. The van der Waals surface area contributed by atoms with Gasteiger partial charge in [-0.25, -0.2) is 4.98 Å². The minimum Gasteiger partial charge on any atom is -0.488 e. The van der Waals surface area contributed by atoms with Gasteiger partial charge in [-0.15, -0.1) is 10.2 Å². The summed E-state index contributed by atoms with van der Waals surface area (Å²) in [5.41, 5.74) is 9.95. The van der Waals surface area contributed by atoms with E-state index in [0.717, 1.165) is 100 Å². The second kappa shape index (κ2) is 21.1. The first kappa shape index (κ1) is 47.0. The molecule has 4 aromatic rings. The number of piperazine rings is 1. The topological polar surface area (TPSA) is 210 Å². The quantitative estimate of drug-likeness (QED) is 0.0536. The Kier molecular flexibility index (Phi) is 14.6. The third-order valence-corrected chi connectivity index (χ3v) is 14.5. The summed E-state index contributed by atoms with van der Waals surface area (Å²) in [6, 6.07) is 21.0. The van der Waals surface area contributed by atoms with Crippen LogP contribution in [-0.2, 0) is 25.7 Å². The minimum absolute atomic E-state index is 0.128. The number of carboxylic acids is 1. The van der Waals surface area contributed by atoms with Crippen LogP contribution in [0.5, 0.6) is 11.6 Å². The average molecular weight is 931 g/mol. The van der Waals surface area contributed by atoms with Crippen molar-refractivity contribution in [3.05, 3.63) is 78.5 Å². The van der Waals surface area contributed by atoms with Crippen molar-refractivity contribution in [3.63, 3.8) is 0 Å². The van der Waals surface area contributed by atoms with Crippen molar-refractivity contribution < 1.29 is 33.7 Å². The maximum absolute atomic E-state index is 13.6. The Morgan fingerprint density at radius 1 is 0.926 bits per heavy atom. The molecule has 5 fully saturated rings. The molecule has 5 heterocycles. The Labute approximate surface area is 398 Å². The molecule has 2 aromatic heterocycles. The summed E-state index contributed by atoms with van der Waals surface area (Å²) in [5.74, 6) is -0.434. The predicted molar refractivity (Wildman–Crippen MR) is 260 cm³/mol. The van der Waals surface area contributed by atoms with Crippen LogP contribution >= 0.6 is 0 Å². The number of aliphatic carboxylic acids is 1. The number of rotatable bonds is 20. The molecule has 3 aliphatic heterocycles. The van der Waals surface area contributed by atoms with Gasteiger partial charge in [0, 0.05) is 67.2 Å². The van der Waals surface area contributed by atoms with Crippen molar-refractivity contribution in [3.8, 4) is 22.9 Å². The van der Waals surface area contributed by atoms with Gasteiger partial charge in [0.25, 0.3) is 0 Å². The molecule has 0 radical (unpaired) electrons. The third-order valence-electron chi connectivity index (χ3n) is 14.5. The molecule has 6 N–H and O–H groups in total. The molecule has 9 rings (SSSR count). The van der Waals surface area contributed by atoms with Gasteiger partial charge in [0.05, 0.1) is 23.6 Å². The number of nitrogens with one attached hydrogen (secondary N) is 3. The number of hydrogen-bond acceptors (Lipinski definition) is 14. The molecule has 3 saturated heterocycles. The molecule has 17 heteroatoms. The van der Waals surface area contributed by atoms with E-state index in [2.05, 4.69) is 58.0 Å². The molecule has 2 amide bonds. The second-order valence-corrected chi connectivity index (χ2v) is 19.5. The summed E-state index contributed by atoms with van der Waals surface area (Å²) >= 11 is 0. The zero-order valence-corrected chi connectivity index (χ0v) is 39.3. The van der Waals surface area contributed by atoms with Gasteiger partial charge in [0.1, 0.15) is 29.9 Å². The van der Waals surface area contributed by atoms with E-state index >= 15 is 0 Å². The van der Waals surface area contributed by atoms with Gasteiger partial charge in [-0.3, -0.25) is 14.4 Å². The van der Waals surface area contributed by atoms with Crippen molar-refractivity contribution >= 4 is 40.7 Å². The Hall–Kier alpha value is -6.04.